The zero-order valence-electron chi connectivity index (χ0n) is 22.8. The van der Waals surface area contributed by atoms with Crippen molar-refractivity contribution in [3.05, 3.63) is 142 Å². The van der Waals surface area contributed by atoms with Crippen LogP contribution in [0.25, 0.3) is 11.5 Å². The van der Waals surface area contributed by atoms with Gasteiger partial charge in [-0.15, -0.1) is 0 Å². The summed E-state index contributed by atoms with van der Waals surface area (Å²) in [5, 5.41) is 11.9. The molecule has 42 heavy (non-hydrogen) atoms. The monoisotopic (exact) mass is 552 g/mol. The quantitative estimate of drug-likeness (QED) is 0.203. The number of hydrogen-bond donors (Lipinski definition) is 1. The summed E-state index contributed by atoms with van der Waals surface area (Å²) in [6.07, 6.45) is 0. The molecule has 4 aromatic rings. The number of para-hydroxylation sites is 2. The SMILES string of the molecule is Cc1ccc(/C(O)=C2/C(=O)C(=O)N(c3ccccc3)C23C(=O)N(c2ccccc2)C2=C3C(=O)c3ccccc32)cc1C. The van der Waals surface area contributed by atoms with Crippen LogP contribution in [0.5, 0.6) is 0 Å². The first-order valence-corrected chi connectivity index (χ1v) is 13.5. The van der Waals surface area contributed by atoms with Gasteiger partial charge in [0.2, 0.25) is 0 Å². The molecule has 1 aliphatic carbocycles. The summed E-state index contributed by atoms with van der Waals surface area (Å²) in [4.78, 5) is 60.0. The lowest BCUT2D eigenvalue weighted by atomic mass is 9.79. The lowest BCUT2D eigenvalue weighted by Gasteiger charge is -2.36. The highest BCUT2D eigenvalue weighted by Crippen LogP contribution is 2.57. The van der Waals surface area contributed by atoms with Gasteiger partial charge in [0, 0.05) is 28.1 Å². The number of ketones is 2. The molecule has 0 saturated carbocycles. The minimum Gasteiger partial charge on any atom is -0.507 e. The topological polar surface area (TPSA) is 95.0 Å². The highest BCUT2D eigenvalue weighted by molar-refractivity contribution is 6.58. The van der Waals surface area contributed by atoms with Crippen molar-refractivity contribution in [1.82, 2.24) is 0 Å². The number of fused-ring (bicyclic) bond motifs is 3. The van der Waals surface area contributed by atoms with Gasteiger partial charge in [-0.05, 0) is 55.3 Å². The molecule has 2 aliphatic heterocycles. The van der Waals surface area contributed by atoms with Gasteiger partial charge in [0.25, 0.3) is 11.7 Å². The van der Waals surface area contributed by atoms with Gasteiger partial charge < -0.3 is 5.11 Å². The van der Waals surface area contributed by atoms with Crippen LogP contribution in [-0.4, -0.2) is 34.0 Å². The third-order valence-corrected chi connectivity index (χ3v) is 8.36. The zero-order valence-corrected chi connectivity index (χ0v) is 22.8. The molecule has 0 bridgehead atoms. The number of nitrogens with zero attached hydrogens (tertiary/aromatic N) is 2. The number of aliphatic hydroxyl groups is 1. The van der Waals surface area contributed by atoms with E-state index in [0.717, 1.165) is 16.0 Å². The molecule has 7 heteroatoms. The van der Waals surface area contributed by atoms with Crippen molar-refractivity contribution >= 4 is 46.2 Å². The van der Waals surface area contributed by atoms with Crippen molar-refractivity contribution in [2.45, 2.75) is 19.4 Å². The Bertz CT molecular complexity index is 1940. The third kappa shape index (κ3) is 3.16. The molecule has 4 aromatic carbocycles. The molecular formula is C35H24N2O5. The first-order chi connectivity index (χ1) is 20.3. The maximum Gasteiger partial charge on any atom is 0.300 e. The van der Waals surface area contributed by atoms with Crippen molar-refractivity contribution in [3.8, 4) is 0 Å². The number of aliphatic hydroxyl groups excluding tert-OH is 1. The Morgan fingerprint density at radius 2 is 1.26 bits per heavy atom. The lowest BCUT2D eigenvalue weighted by Crippen LogP contribution is -2.57. The predicted molar refractivity (Wildman–Crippen MR) is 159 cm³/mol. The van der Waals surface area contributed by atoms with Gasteiger partial charge in [0.15, 0.2) is 11.3 Å². The Morgan fingerprint density at radius 1 is 0.667 bits per heavy atom. The fourth-order valence-electron chi connectivity index (χ4n) is 6.30. The number of carbonyl (C=O) groups excluding carboxylic acids is 4. The Balaban J connectivity index is 1.63. The Hall–Kier alpha value is -5.56. The number of anilines is 2. The van der Waals surface area contributed by atoms with Gasteiger partial charge in [0.1, 0.15) is 5.76 Å². The van der Waals surface area contributed by atoms with E-state index in [9.17, 15) is 19.5 Å². The molecule has 2 amide bonds. The van der Waals surface area contributed by atoms with Crippen molar-refractivity contribution in [1.29, 1.82) is 0 Å². The molecule has 1 N–H and O–H groups in total. The molecule has 7 nitrogen and oxygen atoms in total. The van der Waals surface area contributed by atoms with E-state index in [0.29, 0.717) is 22.5 Å². The average Bonchev–Trinajstić information content (AvgIpc) is 3.54. The van der Waals surface area contributed by atoms with E-state index >= 15 is 4.79 Å². The second-order valence-electron chi connectivity index (χ2n) is 10.6. The van der Waals surface area contributed by atoms with E-state index in [2.05, 4.69) is 0 Å². The van der Waals surface area contributed by atoms with Crippen LogP contribution in [-0.2, 0) is 14.4 Å². The summed E-state index contributed by atoms with van der Waals surface area (Å²) in [6.45, 7) is 3.77. The van der Waals surface area contributed by atoms with Gasteiger partial charge in [-0.1, -0.05) is 72.8 Å². The van der Waals surface area contributed by atoms with Gasteiger partial charge in [-0.25, -0.2) is 0 Å². The van der Waals surface area contributed by atoms with E-state index in [1.54, 1.807) is 103 Å². The summed E-state index contributed by atoms with van der Waals surface area (Å²) >= 11 is 0. The van der Waals surface area contributed by atoms with Crippen LogP contribution in [0.1, 0.15) is 32.6 Å². The number of benzene rings is 4. The van der Waals surface area contributed by atoms with Crippen molar-refractivity contribution in [2.75, 3.05) is 9.80 Å². The molecule has 7 rings (SSSR count). The van der Waals surface area contributed by atoms with Crippen molar-refractivity contribution < 1.29 is 24.3 Å². The number of carbonyl (C=O) groups is 4. The second kappa shape index (κ2) is 8.97. The molecule has 1 unspecified atom stereocenters. The fraction of sp³-hybridized carbons (Fsp3) is 0.0857. The van der Waals surface area contributed by atoms with Crippen molar-refractivity contribution in [3.63, 3.8) is 0 Å². The van der Waals surface area contributed by atoms with Gasteiger partial charge >= 0.3 is 5.91 Å². The van der Waals surface area contributed by atoms with Crippen LogP contribution < -0.4 is 9.80 Å². The minimum absolute atomic E-state index is 0.0361. The number of rotatable bonds is 3. The molecule has 0 aromatic heterocycles. The van der Waals surface area contributed by atoms with E-state index in [1.807, 2.05) is 13.8 Å². The molecule has 0 radical (unpaired) electrons. The maximum atomic E-state index is 15.1. The standard InChI is InChI=1S/C35H24N2O5/c1-20-17-18-22(19-21(20)2)30(38)28-32(40)33(41)37(24-13-7-4-8-14-24)35(28)27-29(25-15-9-10-16-26(25)31(27)39)36(34(35)42)23-11-5-3-6-12-23/h3-19,38H,1-2H3/b30-28+. The predicted octanol–water partition coefficient (Wildman–Crippen LogP) is 5.58. The Labute approximate surface area is 241 Å². The molecule has 1 spiro atoms. The Morgan fingerprint density at radius 3 is 1.90 bits per heavy atom. The Kier molecular flexibility index (Phi) is 5.43. The highest BCUT2D eigenvalue weighted by Gasteiger charge is 2.71. The highest BCUT2D eigenvalue weighted by atomic mass is 16.3. The molecular weight excluding hydrogens is 528 g/mol. The van der Waals surface area contributed by atoms with Crippen LogP contribution in [0, 0.1) is 13.8 Å². The van der Waals surface area contributed by atoms with Crippen LogP contribution in [0.4, 0.5) is 11.4 Å². The summed E-state index contributed by atoms with van der Waals surface area (Å²) < 4.78 is 0. The molecule has 1 fully saturated rings. The van der Waals surface area contributed by atoms with Crippen molar-refractivity contribution in [2.24, 2.45) is 0 Å². The first-order valence-electron chi connectivity index (χ1n) is 13.5. The summed E-state index contributed by atoms with van der Waals surface area (Å²) in [7, 11) is 0. The normalized spacial score (nSPS) is 20.6. The van der Waals surface area contributed by atoms with Crippen LogP contribution in [0.3, 0.4) is 0 Å². The van der Waals surface area contributed by atoms with E-state index in [4.69, 9.17) is 0 Å². The largest absolute Gasteiger partial charge is 0.507 e. The fourth-order valence-corrected chi connectivity index (χ4v) is 6.30. The van der Waals surface area contributed by atoms with E-state index in [1.165, 1.54) is 4.90 Å². The lowest BCUT2D eigenvalue weighted by molar-refractivity contribution is -0.132. The zero-order chi connectivity index (χ0) is 29.3. The maximum absolute atomic E-state index is 15.1. The summed E-state index contributed by atoms with van der Waals surface area (Å²) in [5.74, 6) is -3.76. The number of amides is 2. The molecule has 1 saturated heterocycles. The van der Waals surface area contributed by atoms with E-state index in [-0.39, 0.29) is 16.8 Å². The average molecular weight is 553 g/mol. The van der Waals surface area contributed by atoms with Crippen LogP contribution >= 0.6 is 0 Å². The summed E-state index contributed by atoms with van der Waals surface area (Å²) in [6, 6.07) is 29.1. The van der Waals surface area contributed by atoms with Crippen LogP contribution in [0.2, 0.25) is 0 Å². The van der Waals surface area contributed by atoms with Gasteiger partial charge in [-0.3, -0.25) is 29.0 Å². The van der Waals surface area contributed by atoms with Crippen LogP contribution in [0.15, 0.2) is 114 Å². The molecule has 2 heterocycles. The second-order valence-corrected chi connectivity index (χ2v) is 10.6. The van der Waals surface area contributed by atoms with E-state index < -0.39 is 40.3 Å². The number of aryl methyl sites for hydroxylation is 2. The minimum atomic E-state index is -2.25. The third-order valence-electron chi connectivity index (χ3n) is 8.36. The van der Waals surface area contributed by atoms with Gasteiger partial charge in [-0.2, -0.15) is 0 Å². The number of Topliss-reactive ketones (excluding diaryl/α,β-unsaturated/α-hetero) is 2. The van der Waals surface area contributed by atoms with Gasteiger partial charge in [0.05, 0.1) is 16.8 Å². The first kappa shape index (κ1) is 25.4. The smallest absolute Gasteiger partial charge is 0.300 e. The summed E-state index contributed by atoms with van der Waals surface area (Å²) in [5.41, 5.74) is 1.21. The molecule has 3 aliphatic rings. The molecule has 204 valence electrons. The molecule has 1 atom stereocenters. The number of hydrogen-bond acceptors (Lipinski definition) is 5.